The van der Waals surface area contributed by atoms with Crippen LogP contribution in [-0.4, -0.2) is 5.54 Å². The predicted molar refractivity (Wildman–Crippen MR) is 83.8 cm³/mol. The summed E-state index contributed by atoms with van der Waals surface area (Å²) in [6.45, 7) is 7.67. The second-order valence-electron chi connectivity index (χ2n) is 5.77. The minimum atomic E-state index is 0.103. The molecule has 0 amide bonds. The second kappa shape index (κ2) is 6.46. The first-order valence-electron chi connectivity index (χ1n) is 6.62. The van der Waals surface area contributed by atoms with Crippen molar-refractivity contribution < 1.29 is 9.15 Å². The van der Waals surface area contributed by atoms with E-state index in [2.05, 4.69) is 42.0 Å². The molecule has 0 aliphatic rings. The number of hydrogen-bond donors (Lipinski definition) is 1. The number of benzene rings is 1. The Morgan fingerprint density at radius 2 is 1.90 bits per heavy atom. The molecule has 0 aliphatic carbocycles. The van der Waals surface area contributed by atoms with Crippen LogP contribution in [0.1, 0.15) is 32.1 Å². The van der Waals surface area contributed by atoms with Gasteiger partial charge in [-0.3, -0.25) is 0 Å². The molecule has 2 aromatic rings. The van der Waals surface area contributed by atoms with E-state index >= 15 is 0 Å². The largest absolute Gasteiger partial charge is 0.486 e. The Kier molecular flexibility index (Phi) is 4.89. The molecule has 0 atom stereocenters. The summed E-state index contributed by atoms with van der Waals surface area (Å²) in [6.07, 6.45) is 1.78. The lowest BCUT2D eigenvalue weighted by molar-refractivity contribution is 0.270. The van der Waals surface area contributed by atoms with E-state index in [4.69, 9.17) is 9.15 Å². The summed E-state index contributed by atoms with van der Waals surface area (Å²) in [7, 11) is 0. The summed E-state index contributed by atoms with van der Waals surface area (Å²) < 4.78 is 12.2. The number of halogens is 1. The van der Waals surface area contributed by atoms with Crippen LogP contribution in [-0.2, 0) is 13.2 Å². The van der Waals surface area contributed by atoms with Crippen LogP contribution in [0.4, 0.5) is 0 Å². The molecule has 2 rings (SSSR count). The SMILES string of the molecule is CC(C)(C)NCc1coc(COc2ccc(Br)cc2)c1. The van der Waals surface area contributed by atoms with Gasteiger partial charge in [-0.25, -0.2) is 0 Å². The number of ether oxygens (including phenoxy) is 1. The smallest absolute Gasteiger partial charge is 0.146 e. The molecule has 0 aliphatic heterocycles. The van der Waals surface area contributed by atoms with E-state index in [1.54, 1.807) is 6.26 Å². The highest BCUT2D eigenvalue weighted by Crippen LogP contribution is 2.18. The van der Waals surface area contributed by atoms with Gasteiger partial charge in [0, 0.05) is 22.1 Å². The van der Waals surface area contributed by atoms with Gasteiger partial charge in [0.1, 0.15) is 18.1 Å². The monoisotopic (exact) mass is 337 g/mol. The summed E-state index contributed by atoms with van der Waals surface area (Å²) >= 11 is 3.40. The Hall–Kier alpha value is -1.26. The molecular formula is C16H20BrNO2. The van der Waals surface area contributed by atoms with E-state index < -0.39 is 0 Å². The highest BCUT2D eigenvalue weighted by Gasteiger charge is 2.10. The van der Waals surface area contributed by atoms with Crippen LogP contribution in [0.25, 0.3) is 0 Å². The van der Waals surface area contributed by atoms with Crippen LogP contribution >= 0.6 is 15.9 Å². The molecule has 4 heteroatoms. The lowest BCUT2D eigenvalue weighted by Gasteiger charge is -2.19. The van der Waals surface area contributed by atoms with Crippen molar-refractivity contribution in [2.24, 2.45) is 0 Å². The van der Waals surface area contributed by atoms with Crippen molar-refractivity contribution in [1.29, 1.82) is 0 Å². The van der Waals surface area contributed by atoms with E-state index in [0.29, 0.717) is 6.61 Å². The van der Waals surface area contributed by atoms with Gasteiger partial charge in [-0.05, 0) is 51.1 Å². The molecular weight excluding hydrogens is 318 g/mol. The summed E-state index contributed by atoms with van der Waals surface area (Å²) in [4.78, 5) is 0. The Morgan fingerprint density at radius 3 is 2.55 bits per heavy atom. The van der Waals surface area contributed by atoms with E-state index in [1.807, 2.05) is 30.3 Å². The highest BCUT2D eigenvalue weighted by molar-refractivity contribution is 9.10. The fourth-order valence-electron chi connectivity index (χ4n) is 1.65. The number of furan rings is 1. The Morgan fingerprint density at radius 1 is 1.20 bits per heavy atom. The van der Waals surface area contributed by atoms with Crippen molar-refractivity contribution in [2.75, 3.05) is 0 Å². The van der Waals surface area contributed by atoms with Crippen LogP contribution in [0.3, 0.4) is 0 Å². The molecule has 1 N–H and O–H groups in total. The maximum atomic E-state index is 5.67. The summed E-state index contributed by atoms with van der Waals surface area (Å²) in [6, 6.07) is 9.79. The summed E-state index contributed by atoms with van der Waals surface area (Å²) in [5, 5.41) is 3.43. The first-order chi connectivity index (χ1) is 9.42. The molecule has 0 bridgehead atoms. The quantitative estimate of drug-likeness (QED) is 0.871. The normalized spacial score (nSPS) is 11.6. The molecule has 108 valence electrons. The lowest BCUT2D eigenvalue weighted by atomic mass is 10.1. The average molecular weight is 338 g/mol. The molecule has 0 saturated heterocycles. The fourth-order valence-corrected chi connectivity index (χ4v) is 1.91. The van der Waals surface area contributed by atoms with Gasteiger partial charge in [0.25, 0.3) is 0 Å². The van der Waals surface area contributed by atoms with E-state index in [-0.39, 0.29) is 5.54 Å². The Labute approximate surface area is 128 Å². The molecule has 0 saturated carbocycles. The van der Waals surface area contributed by atoms with Crippen molar-refractivity contribution in [3.63, 3.8) is 0 Å². The zero-order valence-corrected chi connectivity index (χ0v) is 13.7. The maximum absolute atomic E-state index is 5.67. The molecule has 3 nitrogen and oxygen atoms in total. The van der Waals surface area contributed by atoms with Gasteiger partial charge >= 0.3 is 0 Å². The molecule has 1 aromatic heterocycles. The van der Waals surface area contributed by atoms with Gasteiger partial charge in [0.2, 0.25) is 0 Å². The van der Waals surface area contributed by atoms with Crippen molar-refractivity contribution >= 4 is 15.9 Å². The average Bonchev–Trinajstić information content (AvgIpc) is 2.83. The lowest BCUT2D eigenvalue weighted by Crippen LogP contribution is -2.34. The van der Waals surface area contributed by atoms with E-state index in [1.165, 1.54) is 0 Å². The highest BCUT2D eigenvalue weighted by atomic mass is 79.9. The van der Waals surface area contributed by atoms with Gasteiger partial charge < -0.3 is 14.5 Å². The molecule has 0 radical (unpaired) electrons. The van der Waals surface area contributed by atoms with Crippen molar-refractivity contribution in [3.05, 3.63) is 52.4 Å². The van der Waals surface area contributed by atoms with Crippen molar-refractivity contribution in [3.8, 4) is 5.75 Å². The summed E-state index contributed by atoms with van der Waals surface area (Å²) in [5.74, 6) is 1.66. The zero-order valence-electron chi connectivity index (χ0n) is 12.1. The molecule has 0 unspecified atom stereocenters. The van der Waals surface area contributed by atoms with E-state index in [9.17, 15) is 0 Å². The van der Waals surface area contributed by atoms with Gasteiger partial charge in [-0.1, -0.05) is 15.9 Å². The Bertz CT molecular complexity index is 540. The van der Waals surface area contributed by atoms with E-state index in [0.717, 1.165) is 28.1 Å². The maximum Gasteiger partial charge on any atom is 0.146 e. The molecule has 1 aromatic carbocycles. The Balaban J connectivity index is 1.85. The minimum absolute atomic E-state index is 0.103. The fraction of sp³-hybridized carbons (Fsp3) is 0.375. The topological polar surface area (TPSA) is 34.4 Å². The summed E-state index contributed by atoms with van der Waals surface area (Å²) in [5.41, 5.74) is 1.24. The molecule has 0 spiro atoms. The third kappa shape index (κ3) is 5.02. The second-order valence-corrected chi connectivity index (χ2v) is 6.68. The van der Waals surface area contributed by atoms with Gasteiger partial charge in [-0.15, -0.1) is 0 Å². The van der Waals surface area contributed by atoms with Gasteiger partial charge in [0.15, 0.2) is 0 Å². The minimum Gasteiger partial charge on any atom is -0.486 e. The number of rotatable bonds is 5. The standard InChI is InChI=1S/C16H20BrNO2/c1-16(2,3)18-9-12-8-15(19-10-12)11-20-14-6-4-13(17)5-7-14/h4-8,10,18H,9,11H2,1-3H3. The third-order valence-electron chi connectivity index (χ3n) is 2.73. The van der Waals surface area contributed by atoms with Crippen molar-refractivity contribution in [2.45, 2.75) is 39.5 Å². The van der Waals surface area contributed by atoms with Crippen molar-refractivity contribution in [1.82, 2.24) is 5.32 Å². The van der Waals surface area contributed by atoms with Crippen LogP contribution < -0.4 is 10.1 Å². The van der Waals surface area contributed by atoms with Crippen LogP contribution in [0.2, 0.25) is 0 Å². The van der Waals surface area contributed by atoms with Crippen LogP contribution in [0.15, 0.2) is 45.5 Å². The van der Waals surface area contributed by atoms with Gasteiger partial charge in [0.05, 0.1) is 6.26 Å². The van der Waals surface area contributed by atoms with Gasteiger partial charge in [-0.2, -0.15) is 0 Å². The number of hydrogen-bond acceptors (Lipinski definition) is 3. The van der Waals surface area contributed by atoms with Crippen LogP contribution in [0, 0.1) is 0 Å². The molecule has 20 heavy (non-hydrogen) atoms. The number of nitrogens with one attached hydrogen (secondary N) is 1. The predicted octanol–water partition coefficient (Wildman–Crippen LogP) is 4.51. The first kappa shape index (κ1) is 15.1. The molecule has 1 heterocycles. The molecule has 0 fully saturated rings. The van der Waals surface area contributed by atoms with Crippen LogP contribution in [0.5, 0.6) is 5.75 Å². The third-order valence-corrected chi connectivity index (χ3v) is 3.25. The zero-order chi connectivity index (χ0) is 14.6. The first-order valence-corrected chi connectivity index (χ1v) is 7.41.